The van der Waals surface area contributed by atoms with Crippen molar-refractivity contribution in [2.75, 3.05) is 0 Å². The van der Waals surface area contributed by atoms with Gasteiger partial charge in [-0.25, -0.2) is 0 Å². The minimum atomic E-state index is -0.171. The van der Waals surface area contributed by atoms with Crippen LogP contribution in [0.15, 0.2) is 28.7 Å². The zero-order valence-corrected chi connectivity index (χ0v) is 14.2. The Balaban J connectivity index is 1.43. The minimum absolute atomic E-state index is 0.171. The Hall–Kier alpha value is -0.340. The highest BCUT2D eigenvalue weighted by atomic mass is 79.9. The molecule has 1 atom stereocenters. The standard InChI is InChI=1S/C19H25BrO/c20-17-3-1-2-13(7-17)8-18(21)12-19-9-14-4-15(10-19)6-16(5-14)11-19/h1-3,7,14-16,18,21H,4-6,8-12H2. The number of rotatable bonds is 4. The van der Waals surface area contributed by atoms with Crippen molar-refractivity contribution in [3.8, 4) is 0 Å². The van der Waals surface area contributed by atoms with Gasteiger partial charge in [-0.2, -0.15) is 0 Å². The third kappa shape index (κ3) is 2.94. The summed E-state index contributed by atoms with van der Waals surface area (Å²) in [4.78, 5) is 0. The van der Waals surface area contributed by atoms with Crippen molar-refractivity contribution in [3.63, 3.8) is 0 Å². The van der Waals surface area contributed by atoms with Crippen molar-refractivity contribution in [3.05, 3.63) is 34.3 Å². The van der Waals surface area contributed by atoms with Crippen molar-refractivity contribution in [2.24, 2.45) is 23.2 Å². The molecule has 21 heavy (non-hydrogen) atoms. The molecule has 0 radical (unpaired) electrons. The topological polar surface area (TPSA) is 20.2 Å². The van der Waals surface area contributed by atoms with Crippen LogP contribution in [0, 0.1) is 23.2 Å². The normalized spacial score (nSPS) is 38.7. The first-order valence-corrected chi connectivity index (χ1v) is 9.32. The first kappa shape index (κ1) is 14.3. The van der Waals surface area contributed by atoms with Crippen LogP contribution < -0.4 is 0 Å². The van der Waals surface area contributed by atoms with Crippen LogP contribution in [-0.2, 0) is 6.42 Å². The molecule has 114 valence electrons. The summed E-state index contributed by atoms with van der Waals surface area (Å²) >= 11 is 3.52. The van der Waals surface area contributed by atoms with Crippen LogP contribution in [-0.4, -0.2) is 11.2 Å². The van der Waals surface area contributed by atoms with Crippen molar-refractivity contribution >= 4 is 15.9 Å². The largest absolute Gasteiger partial charge is 0.393 e. The van der Waals surface area contributed by atoms with Gasteiger partial charge in [0.25, 0.3) is 0 Å². The lowest BCUT2D eigenvalue weighted by Crippen LogP contribution is -2.47. The second-order valence-corrected chi connectivity index (χ2v) is 9.03. The van der Waals surface area contributed by atoms with Crippen molar-refractivity contribution < 1.29 is 5.11 Å². The van der Waals surface area contributed by atoms with Gasteiger partial charge in [0.05, 0.1) is 6.10 Å². The van der Waals surface area contributed by atoms with Gasteiger partial charge in [0.2, 0.25) is 0 Å². The van der Waals surface area contributed by atoms with E-state index in [1.165, 1.54) is 44.1 Å². The molecule has 4 aliphatic rings. The van der Waals surface area contributed by atoms with Crippen LogP contribution in [0.3, 0.4) is 0 Å². The fourth-order valence-corrected chi connectivity index (χ4v) is 6.49. The molecule has 1 unspecified atom stereocenters. The third-order valence-corrected chi connectivity index (χ3v) is 6.69. The highest BCUT2D eigenvalue weighted by molar-refractivity contribution is 9.10. The molecule has 0 saturated heterocycles. The van der Waals surface area contributed by atoms with Crippen molar-refractivity contribution in [1.82, 2.24) is 0 Å². The maximum absolute atomic E-state index is 10.6. The van der Waals surface area contributed by atoms with Gasteiger partial charge in [-0.1, -0.05) is 28.1 Å². The summed E-state index contributed by atoms with van der Waals surface area (Å²) in [5, 5.41) is 10.6. The summed E-state index contributed by atoms with van der Waals surface area (Å²) in [5.74, 6) is 2.94. The number of halogens is 1. The van der Waals surface area contributed by atoms with Gasteiger partial charge < -0.3 is 5.11 Å². The molecule has 0 aromatic heterocycles. The SMILES string of the molecule is OC(Cc1cccc(Br)c1)CC12CC3CC(CC(C3)C1)C2. The van der Waals surface area contributed by atoms with E-state index in [4.69, 9.17) is 0 Å². The lowest BCUT2D eigenvalue weighted by Gasteiger charge is -2.57. The van der Waals surface area contributed by atoms with Gasteiger partial charge in [0.1, 0.15) is 0 Å². The number of hydrogen-bond acceptors (Lipinski definition) is 1. The maximum Gasteiger partial charge on any atom is 0.0585 e. The Morgan fingerprint density at radius 3 is 2.29 bits per heavy atom. The summed E-state index contributed by atoms with van der Waals surface area (Å²) in [6.45, 7) is 0. The molecule has 4 saturated carbocycles. The minimum Gasteiger partial charge on any atom is -0.393 e. The second-order valence-electron chi connectivity index (χ2n) is 8.11. The summed E-state index contributed by atoms with van der Waals surface area (Å²) in [6.07, 6.45) is 10.3. The summed E-state index contributed by atoms with van der Waals surface area (Å²) in [6, 6.07) is 8.39. The van der Waals surface area contributed by atoms with Crippen LogP contribution in [0.1, 0.15) is 50.5 Å². The van der Waals surface area contributed by atoms with E-state index in [0.717, 1.165) is 35.1 Å². The van der Waals surface area contributed by atoms with E-state index in [9.17, 15) is 5.11 Å². The predicted molar refractivity (Wildman–Crippen MR) is 89.1 cm³/mol. The molecule has 1 aromatic rings. The van der Waals surface area contributed by atoms with E-state index < -0.39 is 0 Å². The Bertz CT molecular complexity index is 489. The molecule has 0 amide bonds. The zero-order chi connectivity index (χ0) is 14.4. The predicted octanol–water partition coefficient (Wildman–Crippen LogP) is 4.96. The molecule has 1 aromatic carbocycles. The highest BCUT2D eigenvalue weighted by Crippen LogP contribution is 2.61. The number of aliphatic hydroxyl groups excluding tert-OH is 1. The van der Waals surface area contributed by atoms with E-state index >= 15 is 0 Å². The van der Waals surface area contributed by atoms with Crippen LogP contribution in [0.25, 0.3) is 0 Å². The molecular formula is C19H25BrO. The van der Waals surface area contributed by atoms with Crippen LogP contribution in [0.4, 0.5) is 0 Å². The van der Waals surface area contributed by atoms with E-state index in [0.29, 0.717) is 5.41 Å². The van der Waals surface area contributed by atoms with Crippen LogP contribution in [0.2, 0.25) is 0 Å². The monoisotopic (exact) mass is 348 g/mol. The molecule has 2 heteroatoms. The average molecular weight is 349 g/mol. The smallest absolute Gasteiger partial charge is 0.0585 e. The van der Waals surface area contributed by atoms with Gasteiger partial charge in [0.15, 0.2) is 0 Å². The molecule has 4 aliphatic carbocycles. The average Bonchev–Trinajstić information content (AvgIpc) is 2.35. The molecule has 1 N–H and O–H groups in total. The lowest BCUT2D eigenvalue weighted by atomic mass is 9.48. The number of hydrogen-bond donors (Lipinski definition) is 1. The van der Waals surface area contributed by atoms with E-state index in [1.807, 2.05) is 0 Å². The fraction of sp³-hybridized carbons (Fsp3) is 0.684. The molecule has 4 bridgehead atoms. The molecule has 0 heterocycles. The molecule has 1 nitrogen and oxygen atoms in total. The molecule has 0 spiro atoms. The van der Waals surface area contributed by atoms with Crippen LogP contribution >= 0.6 is 15.9 Å². The third-order valence-electron chi connectivity index (χ3n) is 6.19. The Kier molecular flexibility index (Phi) is 3.66. The number of aliphatic hydroxyl groups is 1. The van der Waals surface area contributed by atoms with E-state index in [1.54, 1.807) is 0 Å². The van der Waals surface area contributed by atoms with Gasteiger partial charge >= 0.3 is 0 Å². The Morgan fingerprint density at radius 2 is 1.71 bits per heavy atom. The fourth-order valence-electron chi connectivity index (χ4n) is 6.05. The first-order chi connectivity index (χ1) is 10.1. The van der Waals surface area contributed by atoms with Gasteiger partial charge in [-0.3, -0.25) is 0 Å². The molecular weight excluding hydrogens is 324 g/mol. The first-order valence-electron chi connectivity index (χ1n) is 8.53. The van der Waals surface area contributed by atoms with E-state index in [2.05, 4.69) is 40.2 Å². The zero-order valence-electron chi connectivity index (χ0n) is 12.6. The van der Waals surface area contributed by atoms with Gasteiger partial charge in [-0.05, 0) is 92.2 Å². The Morgan fingerprint density at radius 1 is 1.10 bits per heavy atom. The second kappa shape index (κ2) is 5.38. The molecule has 0 aliphatic heterocycles. The van der Waals surface area contributed by atoms with Crippen LogP contribution in [0.5, 0.6) is 0 Å². The highest BCUT2D eigenvalue weighted by Gasteiger charge is 2.51. The van der Waals surface area contributed by atoms with Gasteiger partial charge in [0, 0.05) is 4.47 Å². The lowest BCUT2D eigenvalue weighted by molar-refractivity contribution is -0.0756. The van der Waals surface area contributed by atoms with Gasteiger partial charge in [-0.15, -0.1) is 0 Å². The van der Waals surface area contributed by atoms with Crippen molar-refractivity contribution in [1.29, 1.82) is 0 Å². The van der Waals surface area contributed by atoms with Crippen molar-refractivity contribution in [2.45, 2.75) is 57.5 Å². The quantitative estimate of drug-likeness (QED) is 0.815. The molecule has 4 fully saturated rings. The summed E-state index contributed by atoms with van der Waals surface area (Å²) < 4.78 is 1.11. The van der Waals surface area contributed by atoms with E-state index in [-0.39, 0.29) is 6.10 Å². The molecule has 5 rings (SSSR count). The number of benzene rings is 1. The Labute approximate surface area is 136 Å². The maximum atomic E-state index is 10.6. The summed E-state index contributed by atoms with van der Waals surface area (Å²) in [5.41, 5.74) is 1.74. The summed E-state index contributed by atoms with van der Waals surface area (Å²) in [7, 11) is 0.